The van der Waals surface area contributed by atoms with Crippen LogP contribution in [0.1, 0.15) is 23.9 Å². The lowest BCUT2D eigenvalue weighted by Crippen LogP contribution is -2.31. The van der Waals surface area contributed by atoms with Gasteiger partial charge in [0.05, 0.1) is 0 Å². The third-order valence-corrected chi connectivity index (χ3v) is 3.10. The summed E-state index contributed by atoms with van der Waals surface area (Å²) >= 11 is 5.93. The van der Waals surface area contributed by atoms with Gasteiger partial charge in [-0.15, -0.1) is 0 Å². The summed E-state index contributed by atoms with van der Waals surface area (Å²) in [6, 6.07) is 8.85. The average Bonchev–Trinajstić information content (AvgIpc) is 2.97. The highest BCUT2D eigenvalue weighted by atomic mass is 35.5. The van der Waals surface area contributed by atoms with E-state index < -0.39 is 0 Å². The van der Waals surface area contributed by atoms with E-state index in [1.165, 1.54) is 0 Å². The van der Waals surface area contributed by atoms with Crippen LogP contribution in [0.25, 0.3) is 11.3 Å². The van der Waals surface area contributed by atoms with Gasteiger partial charge < -0.3 is 15.2 Å². The van der Waals surface area contributed by atoms with Crippen molar-refractivity contribution in [3.05, 3.63) is 41.1 Å². The van der Waals surface area contributed by atoms with Crippen molar-refractivity contribution in [3.8, 4) is 11.3 Å². The first kappa shape index (κ1) is 15.5. The van der Waals surface area contributed by atoms with Gasteiger partial charge in [-0.25, -0.2) is 0 Å². The van der Waals surface area contributed by atoms with Crippen LogP contribution in [0.5, 0.6) is 0 Å². The molecule has 1 aromatic heterocycles. The molecule has 5 nitrogen and oxygen atoms in total. The number of benzene rings is 1. The van der Waals surface area contributed by atoms with Crippen molar-refractivity contribution in [2.75, 3.05) is 19.6 Å². The summed E-state index contributed by atoms with van der Waals surface area (Å²) < 4.78 is 5.07. The van der Waals surface area contributed by atoms with Crippen LogP contribution in [-0.2, 0) is 0 Å². The Morgan fingerprint density at radius 3 is 2.90 bits per heavy atom. The van der Waals surface area contributed by atoms with Crippen LogP contribution in [0, 0.1) is 0 Å². The fourth-order valence-electron chi connectivity index (χ4n) is 1.82. The summed E-state index contributed by atoms with van der Waals surface area (Å²) in [6.45, 7) is 4.31. The SMILES string of the molecule is CCCNCCNC(=O)c1cc(-c2cccc(Cl)c2)no1. The van der Waals surface area contributed by atoms with E-state index in [1.54, 1.807) is 18.2 Å². The molecule has 0 unspecified atom stereocenters. The first-order chi connectivity index (χ1) is 10.2. The van der Waals surface area contributed by atoms with E-state index in [1.807, 2.05) is 12.1 Å². The number of nitrogens with one attached hydrogen (secondary N) is 2. The standard InChI is InChI=1S/C15H18ClN3O2/c1-2-6-17-7-8-18-15(20)14-10-13(19-21-14)11-4-3-5-12(16)9-11/h3-5,9-10,17H,2,6-8H2,1H3,(H,18,20). The number of halogens is 1. The lowest BCUT2D eigenvalue weighted by Gasteiger charge is -2.03. The zero-order chi connectivity index (χ0) is 15.1. The van der Waals surface area contributed by atoms with E-state index in [4.69, 9.17) is 16.1 Å². The third-order valence-electron chi connectivity index (χ3n) is 2.87. The first-order valence-corrected chi connectivity index (χ1v) is 7.30. The lowest BCUT2D eigenvalue weighted by molar-refractivity contribution is 0.0917. The summed E-state index contributed by atoms with van der Waals surface area (Å²) in [5.41, 5.74) is 1.40. The van der Waals surface area contributed by atoms with Gasteiger partial charge in [0.1, 0.15) is 5.69 Å². The molecule has 0 saturated carbocycles. The molecule has 0 saturated heterocycles. The van der Waals surface area contributed by atoms with E-state index in [0.29, 0.717) is 17.3 Å². The largest absolute Gasteiger partial charge is 0.350 e. The summed E-state index contributed by atoms with van der Waals surface area (Å²) in [6.07, 6.45) is 1.07. The molecule has 0 aliphatic rings. The molecule has 2 rings (SSSR count). The van der Waals surface area contributed by atoms with Crippen LogP contribution in [0.3, 0.4) is 0 Å². The number of nitrogens with zero attached hydrogens (tertiary/aromatic N) is 1. The van der Waals surface area contributed by atoms with Crippen molar-refractivity contribution < 1.29 is 9.32 Å². The highest BCUT2D eigenvalue weighted by Gasteiger charge is 2.13. The Labute approximate surface area is 128 Å². The summed E-state index contributed by atoms with van der Waals surface area (Å²) in [5.74, 6) is -0.0745. The Hall–Kier alpha value is -1.85. The molecule has 0 spiro atoms. The Morgan fingerprint density at radius 1 is 1.29 bits per heavy atom. The normalized spacial score (nSPS) is 10.6. The second-order valence-corrected chi connectivity index (χ2v) is 5.03. The van der Waals surface area contributed by atoms with Crippen LogP contribution in [0.2, 0.25) is 5.02 Å². The third kappa shape index (κ3) is 4.58. The highest BCUT2D eigenvalue weighted by molar-refractivity contribution is 6.30. The van der Waals surface area contributed by atoms with E-state index in [9.17, 15) is 4.79 Å². The Bertz CT molecular complexity index is 598. The highest BCUT2D eigenvalue weighted by Crippen LogP contribution is 2.22. The first-order valence-electron chi connectivity index (χ1n) is 6.92. The Kier molecular flexibility index (Phi) is 5.78. The lowest BCUT2D eigenvalue weighted by atomic mass is 10.1. The van der Waals surface area contributed by atoms with Gasteiger partial charge in [0, 0.05) is 29.7 Å². The van der Waals surface area contributed by atoms with Gasteiger partial charge in [-0.1, -0.05) is 35.8 Å². The van der Waals surface area contributed by atoms with Gasteiger partial charge in [-0.05, 0) is 25.1 Å². The summed E-state index contributed by atoms with van der Waals surface area (Å²) in [5, 5.41) is 10.5. The zero-order valence-corrected chi connectivity index (χ0v) is 12.6. The maximum atomic E-state index is 11.9. The predicted molar refractivity (Wildman–Crippen MR) is 82.4 cm³/mol. The van der Waals surface area contributed by atoms with Gasteiger partial charge in [0.25, 0.3) is 5.91 Å². The monoisotopic (exact) mass is 307 g/mol. The molecule has 0 atom stereocenters. The minimum absolute atomic E-state index is 0.195. The maximum absolute atomic E-state index is 11.9. The van der Waals surface area contributed by atoms with Crippen molar-refractivity contribution in [2.24, 2.45) is 0 Å². The van der Waals surface area contributed by atoms with E-state index in [-0.39, 0.29) is 11.7 Å². The summed E-state index contributed by atoms with van der Waals surface area (Å²) in [4.78, 5) is 11.9. The minimum Gasteiger partial charge on any atom is -0.350 e. The smallest absolute Gasteiger partial charge is 0.289 e. The molecular formula is C15H18ClN3O2. The second-order valence-electron chi connectivity index (χ2n) is 4.59. The van der Waals surface area contributed by atoms with Gasteiger partial charge in [0.15, 0.2) is 0 Å². The molecule has 112 valence electrons. The molecule has 0 bridgehead atoms. The van der Waals surface area contributed by atoms with Crippen LogP contribution >= 0.6 is 11.6 Å². The van der Waals surface area contributed by atoms with Crippen LogP contribution in [0.4, 0.5) is 0 Å². The summed E-state index contributed by atoms with van der Waals surface area (Å²) in [7, 11) is 0. The molecule has 0 aliphatic carbocycles. The van der Waals surface area contributed by atoms with Crippen molar-refractivity contribution in [2.45, 2.75) is 13.3 Å². The van der Waals surface area contributed by atoms with Gasteiger partial charge in [0.2, 0.25) is 5.76 Å². The minimum atomic E-state index is -0.269. The number of aromatic nitrogens is 1. The van der Waals surface area contributed by atoms with Crippen molar-refractivity contribution in [1.29, 1.82) is 0 Å². The van der Waals surface area contributed by atoms with Gasteiger partial charge in [-0.2, -0.15) is 0 Å². The topological polar surface area (TPSA) is 67.2 Å². The molecule has 21 heavy (non-hydrogen) atoms. The molecule has 1 aromatic carbocycles. The van der Waals surface area contributed by atoms with E-state index in [2.05, 4.69) is 22.7 Å². The number of hydrogen-bond donors (Lipinski definition) is 2. The van der Waals surface area contributed by atoms with Crippen molar-refractivity contribution >= 4 is 17.5 Å². The zero-order valence-electron chi connectivity index (χ0n) is 11.9. The fraction of sp³-hybridized carbons (Fsp3) is 0.333. The maximum Gasteiger partial charge on any atom is 0.289 e. The molecule has 0 aliphatic heterocycles. The number of rotatable bonds is 7. The molecule has 0 radical (unpaired) electrons. The molecule has 0 fully saturated rings. The second kappa shape index (κ2) is 7.81. The average molecular weight is 308 g/mol. The van der Waals surface area contributed by atoms with Crippen LogP contribution in [-0.4, -0.2) is 30.7 Å². The predicted octanol–water partition coefficient (Wildman–Crippen LogP) is 2.72. The van der Waals surface area contributed by atoms with Crippen LogP contribution in [0.15, 0.2) is 34.9 Å². The number of carbonyl (C=O) groups is 1. The molecular weight excluding hydrogens is 290 g/mol. The van der Waals surface area contributed by atoms with Gasteiger partial charge >= 0.3 is 0 Å². The number of amides is 1. The fourth-order valence-corrected chi connectivity index (χ4v) is 2.01. The molecule has 2 N–H and O–H groups in total. The van der Waals surface area contributed by atoms with E-state index in [0.717, 1.165) is 25.1 Å². The van der Waals surface area contributed by atoms with Crippen LogP contribution < -0.4 is 10.6 Å². The quantitative estimate of drug-likeness (QED) is 0.772. The molecule has 1 heterocycles. The molecule has 2 aromatic rings. The molecule has 6 heteroatoms. The van der Waals surface area contributed by atoms with E-state index >= 15 is 0 Å². The Morgan fingerprint density at radius 2 is 2.14 bits per heavy atom. The van der Waals surface area contributed by atoms with Crippen molar-refractivity contribution in [1.82, 2.24) is 15.8 Å². The van der Waals surface area contributed by atoms with Gasteiger partial charge in [-0.3, -0.25) is 4.79 Å². The molecule has 1 amide bonds. The number of hydrogen-bond acceptors (Lipinski definition) is 4. The van der Waals surface area contributed by atoms with Crippen molar-refractivity contribution in [3.63, 3.8) is 0 Å². The Balaban J connectivity index is 1.92. The number of carbonyl (C=O) groups excluding carboxylic acids is 1.